The van der Waals surface area contributed by atoms with E-state index in [2.05, 4.69) is 17.0 Å². The number of benzene rings is 2. The molecule has 3 aliphatic heterocycles. The highest BCUT2D eigenvalue weighted by Crippen LogP contribution is 2.36. The molecule has 0 bridgehead atoms. The molecule has 8 heteroatoms. The number of carbonyl (C=O) groups is 3. The molecule has 8 nitrogen and oxygen atoms in total. The van der Waals surface area contributed by atoms with Crippen LogP contribution in [-0.4, -0.2) is 60.8 Å². The molecule has 2 aromatic carbocycles. The zero-order chi connectivity index (χ0) is 23.5. The molecular formula is C26H28N2O6. The van der Waals surface area contributed by atoms with Crippen LogP contribution < -0.4 is 4.90 Å². The third kappa shape index (κ3) is 4.56. The van der Waals surface area contributed by atoms with Gasteiger partial charge in [-0.1, -0.05) is 48.5 Å². The third-order valence-electron chi connectivity index (χ3n) is 6.68. The van der Waals surface area contributed by atoms with Gasteiger partial charge < -0.3 is 24.0 Å². The lowest BCUT2D eigenvalue weighted by Gasteiger charge is -2.36. The Balaban J connectivity index is 1.20. The standard InChI is InChI=1S/C26H28N2O6/c29-23-24(30)34-26(33-23)13-6-14-28(25(26)31)22-10-5-4-9-20(22)11-15-27-16-12-21(17-27)32-18-19-7-2-1-3-8-19/h1-5,7-10,21H,6,11-18H2. The number of likely N-dealkylation sites (tertiary alicyclic amines) is 1. The number of carbonyl (C=O) groups excluding carboxylic acids is 3. The second-order valence-electron chi connectivity index (χ2n) is 8.98. The van der Waals surface area contributed by atoms with E-state index in [0.29, 0.717) is 19.6 Å². The van der Waals surface area contributed by atoms with Crippen molar-refractivity contribution in [3.8, 4) is 0 Å². The van der Waals surface area contributed by atoms with Gasteiger partial charge in [0.25, 0.3) is 0 Å². The van der Waals surface area contributed by atoms with Crippen LogP contribution in [0.1, 0.15) is 30.4 Å². The Hall–Kier alpha value is -3.23. The molecule has 0 N–H and O–H groups in total. The van der Waals surface area contributed by atoms with Crippen molar-refractivity contribution in [1.29, 1.82) is 0 Å². The van der Waals surface area contributed by atoms with Crippen molar-refractivity contribution in [3.63, 3.8) is 0 Å². The molecule has 1 atom stereocenters. The second-order valence-corrected chi connectivity index (χ2v) is 8.98. The van der Waals surface area contributed by atoms with Gasteiger partial charge in [0, 0.05) is 38.3 Å². The highest BCUT2D eigenvalue weighted by Gasteiger charge is 2.58. The van der Waals surface area contributed by atoms with Crippen LogP contribution in [0.15, 0.2) is 54.6 Å². The van der Waals surface area contributed by atoms with Gasteiger partial charge in [0.2, 0.25) is 0 Å². The van der Waals surface area contributed by atoms with Crippen molar-refractivity contribution in [2.24, 2.45) is 0 Å². The Morgan fingerprint density at radius 3 is 2.47 bits per heavy atom. The highest BCUT2D eigenvalue weighted by molar-refractivity contribution is 6.32. The number of nitrogens with zero attached hydrogens (tertiary/aromatic N) is 2. The molecule has 178 valence electrons. The maximum atomic E-state index is 13.2. The van der Waals surface area contributed by atoms with Crippen molar-refractivity contribution in [2.75, 3.05) is 31.1 Å². The van der Waals surface area contributed by atoms with Crippen molar-refractivity contribution < 1.29 is 28.6 Å². The van der Waals surface area contributed by atoms with E-state index >= 15 is 0 Å². The van der Waals surface area contributed by atoms with Crippen LogP contribution in [0, 0.1) is 0 Å². The average molecular weight is 465 g/mol. The summed E-state index contributed by atoms with van der Waals surface area (Å²) in [6, 6.07) is 17.9. The summed E-state index contributed by atoms with van der Waals surface area (Å²) in [4.78, 5) is 40.4. The molecule has 0 aliphatic carbocycles. The molecule has 3 aliphatic rings. The minimum atomic E-state index is -1.82. The minimum absolute atomic E-state index is 0.181. The van der Waals surface area contributed by atoms with Gasteiger partial charge in [-0.25, -0.2) is 9.59 Å². The van der Waals surface area contributed by atoms with Gasteiger partial charge in [-0.05, 0) is 36.5 Å². The molecule has 0 aromatic heterocycles. The van der Waals surface area contributed by atoms with Crippen LogP contribution in [0.5, 0.6) is 0 Å². The number of rotatable bonds is 7. The van der Waals surface area contributed by atoms with Crippen LogP contribution in [0.4, 0.5) is 5.69 Å². The molecule has 0 radical (unpaired) electrons. The van der Waals surface area contributed by atoms with E-state index in [0.717, 1.165) is 43.7 Å². The van der Waals surface area contributed by atoms with Crippen LogP contribution in [0.25, 0.3) is 0 Å². The molecule has 5 rings (SSSR count). The Bertz CT molecular complexity index is 1060. The van der Waals surface area contributed by atoms with Crippen LogP contribution in [0.2, 0.25) is 0 Å². The van der Waals surface area contributed by atoms with Crippen LogP contribution >= 0.6 is 0 Å². The summed E-state index contributed by atoms with van der Waals surface area (Å²) in [6.07, 6.45) is 2.72. The Morgan fingerprint density at radius 2 is 1.68 bits per heavy atom. The van der Waals surface area contributed by atoms with E-state index in [-0.39, 0.29) is 12.5 Å². The van der Waals surface area contributed by atoms with Crippen LogP contribution in [0.3, 0.4) is 0 Å². The summed E-state index contributed by atoms with van der Waals surface area (Å²) in [5.74, 6) is -4.54. The molecule has 3 fully saturated rings. The topological polar surface area (TPSA) is 85.4 Å². The molecule has 2 aromatic rings. The van der Waals surface area contributed by atoms with E-state index in [1.807, 2.05) is 42.5 Å². The largest absolute Gasteiger partial charge is 0.421 e. The summed E-state index contributed by atoms with van der Waals surface area (Å²) in [7, 11) is 0. The van der Waals surface area contributed by atoms with Gasteiger partial charge in [0.05, 0.1) is 12.7 Å². The number of para-hydroxylation sites is 1. The van der Waals surface area contributed by atoms with Crippen LogP contribution in [-0.2, 0) is 41.6 Å². The smallest absolute Gasteiger partial charge is 0.405 e. The first-order valence-corrected chi connectivity index (χ1v) is 11.8. The molecular weight excluding hydrogens is 436 g/mol. The first kappa shape index (κ1) is 22.6. The lowest BCUT2D eigenvalue weighted by atomic mass is 10.00. The number of amides is 1. The summed E-state index contributed by atoms with van der Waals surface area (Å²) in [5.41, 5.74) is 2.97. The summed E-state index contributed by atoms with van der Waals surface area (Å²) in [5, 5.41) is 0. The maximum absolute atomic E-state index is 13.2. The monoisotopic (exact) mass is 464 g/mol. The number of piperidine rings is 1. The Morgan fingerprint density at radius 1 is 0.941 bits per heavy atom. The number of anilines is 1. The van der Waals surface area contributed by atoms with Gasteiger partial charge in [-0.3, -0.25) is 4.79 Å². The fourth-order valence-corrected chi connectivity index (χ4v) is 4.90. The van der Waals surface area contributed by atoms with Gasteiger partial charge in [0.1, 0.15) is 0 Å². The molecule has 1 amide bonds. The lowest BCUT2D eigenvalue weighted by molar-refractivity contribution is -0.192. The number of hydrogen-bond donors (Lipinski definition) is 0. The fraction of sp³-hybridized carbons (Fsp3) is 0.423. The highest BCUT2D eigenvalue weighted by atomic mass is 16.8. The predicted octanol–water partition coefficient (Wildman–Crippen LogP) is 2.44. The van der Waals surface area contributed by atoms with Gasteiger partial charge in [0.15, 0.2) is 0 Å². The first-order chi connectivity index (χ1) is 16.5. The lowest BCUT2D eigenvalue weighted by Crippen LogP contribution is -2.55. The molecule has 3 saturated heterocycles. The third-order valence-corrected chi connectivity index (χ3v) is 6.68. The predicted molar refractivity (Wildman–Crippen MR) is 123 cm³/mol. The molecule has 1 spiro atoms. The van der Waals surface area contributed by atoms with Crippen molar-refractivity contribution in [1.82, 2.24) is 4.90 Å². The summed E-state index contributed by atoms with van der Waals surface area (Å²) in [6.45, 7) is 3.80. The van der Waals surface area contributed by atoms with Gasteiger partial charge in [-0.2, -0.15) is 0 Å². The maximum Gasteiger partial charge on any atom is 0.421 e. The van der Waals surface area contributed by atoms with E-state index in [1.165, 1.54) is 5.56 Å². The summed E-state index contributed by atoms with van der Waals surface area (Å²) < 4.78 is 16.3. The van der Waals surface area contributed by atoms with E-state index in [9.17, 15) is 14.4 Å². The Kier molecular flexibility index (Phi) is 6.34. The van der Waals surface area contributed by atoms with E-state index < -0.39 is 23.6 Å². The minimum Gasteiger partial charge on any atom is -0.405 e. The number of esters is 2. The Labute approximate surface area is 198 Å². The molecule has 34 heavy (non-hydrogen) atoms. The van der Waals surface area contributed by atoms with Crippen molar-refractivity contribution >= 4 is 23.5 Å². The van der Waals surface area contributed by atoms with Crippen molar-refractivity contribution in [2.45, 2.75) is 44.2 Å². The van der Waals surface area contributed by atoms with E-state index in [1.54, 1.807) is 4.90 Å². The quantitative estimate of drug-likeness (QED) is 0.460. The second kappa shape index (κ2) is 9.56. The fourth-order valence-electron chi connectivity index (χ4n) is 4.90. The average Bonchev–Trinajstić information content (AvgIpc) is 3.43. The molecule has 0 saturated carbocycles. The van der Waals surface area contributed by atoms with Gasteiger partial charge >= 0.3 is 23.6 Å². The van der Waals surface area contributed by atoms with Crippen molar-refractivity contribution in [3.05, 3.63) is 65.7 Å². The molecule has 3 heterocycles. The van der Waals surface area contributed by atoms with E-state index in [4.69, 9.17) is 14.2 Å². The number of ether oxygens (including phenoxy) is 3. The zero-order valence-corrected chi connectivity index (χ0v) is 19.0. The first-order valence-electron chi connectivity index (χ1n) is 11.8. The van der Waals surface area contributed by atoms with Gasteiger partial charge in [-0.15, -0.1) is 0 Å². The number of hydrogen-bond acceptors (Lipinski definition) is 7. The summed E-state index contributed by atoms with van der Waals surface area (Å²) >= 11 is 0. The zero-order valence-electron chi connectivity index (χ0n) is 19.0. The SMILES string of the molecule is O=C1OC2(CCCN(c3ccccc3CCN3CCC(OCc4ccccc4)C3)C2=O)OC1=O. The molecule has 1 unspecified atom stereocenters. The normalized spacial score (nSPS) is 22.3.